The van der Waals surface area contributed by atoms with E-state index in [2.05, 4.69) is 10.9 Å². The molecule has 0 spiro atoms. The van der Waals surface area contributed by atoms with Gasteiger partial charge in [0.2, 0.25) is 0 Å². The Morgan fingerprint density at radius 1 is 0.923 bits per heavy atom. The fraction of sp³-hybridized carbons (Fsp3) is 0.160. The average Bonchev–Trinajstić information content (AvgIpc) is 2.87. The van der Waals surface area contributed by atoms with E-state index in [4.69, 9.17) is 39.5 Å². The lowest BCUT2D eigenvalue weighted by atomic mass is 9.95. The molecule has 4 nitrogen and oxygen atoms in total. The number of alkyl halides is 6. The van der Waals surface area contributed by atoms with Crippen molar-refractivity contribution in [2.75, 3.05) is 12.5 Å². The predicted octanol–water partition coefficient (Wildman–Crippen LogP) is 9.09. The van der Waals surface area contributed by atoms with E-state index < -0.39 is 52.3 Å². The molecule has 14 heteroatoms. The van der Waals surface area contributed by atoms with Crippen molar-refractivity contribution in [3.63, 3.8) is 0 Å². The van der Waals surface area contributed by atoms with Crippen LogP contribution in [0.3, 0.4) is 0 Å². The minimum atomic E-state index is -5.15. The second-order valence-corrected chi connectivity index (χ2v) is 9.09. The highest BCUT2D eigenvalue weighted by molar-refractivity contribution is 6.48. The number of carbonyl (C=O) groups is 1. The van der Waals surface area contributed by atoms with Crippen LogP contribution < -0.4 is 15.6 Å². The summed E-state index contributed by atoms with van der Waals surface area (Å²) in [4.78, 5) is 12.5. The maximum atomic E-state index is 15.0. The summed E-state index contributed by atoms with van der Waals surface area (Å²) in [6.07, 6.45) is -10.1. The van der Waals surface area contributed by atoms with Gasteiger partial charge in [-0.3, -0.25) is 15.6 Å². The fourth-order valence-corrected chi connectivity index (χ4v) is 3.99. The maximum Gasteiger partial charge on any atom is 0.417 e. The molecule has 0 radical (unpaired) electrons. The standard InChI is InChI=1S/C25H16Cl3F7N2O2/c1-39-15-5-3-14(4-6-15)36-37-23(38)16-7-2-12(8-18(16)25(33,34)35)21(29)11-17(24(30,31)32)13-9-19(26)22(28)20(27)10-13/h2-11,17,36H,1H3,(H,37,38). The van der Waals surface area contributed by atoms with Gasteiger partial charge in [-0.25, -0.2) is 4.39 Å². The Kier molecular flexibility index (Phi) is 9.30. The molecule has 0 heterocycles. The SMILES string of the molecule is COc1ccc(NNC(=O)c2ccc(C(F)=CC(c3cc(Cl)c(Cl)c(Cl)c3)C(F)(F)F)cc2C(F)(F)F)cc1. The summed E-state index contributed by atoms with van der Waals surface area (Å²) in [6, 6.07) is 9.29. The lowest BCUT2D eigenvalue weighted by Crippen LogP contribution is -2.31. The van der Waals surface area contributed by atoms with E-state index in [1.807, 2.05) is 0 Å². The fourth-order valence-electron chi connectivity index (χ4n) is 3.37. The number of hydrazine groups is 1. The molecule has 3 aromatic rings. The van der Waals surface area contributed by atoms with Gasteiger partial charge in [0.15, 0.2) is 0 Å². The second kappa shape index (κ2) is 11.9. The Bertz CT molecular complexity index is 1370. The molecule has 0 saturated heterocycles. The minimum absolute atomic E-state index is 0.0797. The summed E-state index contributed by atoms with van der Waals surface area (Å²) in [5, 5.41) is -0.891. The number of carbonyl (C=O) groups excluding carboxylic acids is 1. The van der Waals surface area contributed by atoms with Crippen LogP contribution in [0.15, 0.2) is 60.7 Å². The highest BCUT2D eigenvalue weighted by Crippen LogP contribution is 2.42. The first kappa shape index (κ1) is 30.4. The van der Waals surface area contributed by atoms with E-state index >= 15 is 0 Å². The zero-order chi connectivity index (χ0) is 29.1. The zero-order valence-electron chi connectivity index (χ0n) is 19.4. The molecule has 0 bridgehead atoms. The van der Waals surface area contributed by atoms with Crippen molar-refractivity contribution in [1.29, 1.82) is 0 Å². The second-order valence-electron chi connectivity index (χ2n) is 7.90. The molecule has 3 rings (SSSR count). The summed E-state index contributed by atoms with van der Waals surface area (Å²) in [7, 11) is 1.43. The van der Waals surface area contributed by atoms with Gasteiger partial charge in [-0.05, 0) is 60.2 Å². The van der Waals surface area contributed by atoms with Crippen molar-refractivity contribution in [3.05, 3.63) is 98.0 Å². The first-order chi connectivity index (χ1) is 18.1. The van der Waals surface area contributed by atoms with Crippen LogP contribution >= 0.6 is 34.8 Å². The molecule has 1 amide bonds. The summed E-state index contributed by atoms with van der Waals surface area (Å²) in [5.74, 6) is -5.00. The molecule has 0 aliphatic heterocycles. The van der Waals surface area contributed by atoms with Gasteiger partial charge in [0.1, 0.15) is 17.5 Å². The largest absolute Gasteiger partial charge is 0.497 e. The Hall–Kier alpha value is -3.15. The van der Waals surface area contributed by atoms with E-state index in [0.29, 0.717) is 17.5 Å². The normalized spacial score (nSPS) is 13.2. The molecule has 39 heavy (non-hydrogen) atoms. The molecular formula is C25H16Cl3F7N2O2. The maximum absolute atomic E-state index is 15.0. The molecule has 3 aromatic carbocycles. The van der Waals surface area contributed by atoms with Gasteiger partial charge in [0, 0.05) is 5.56 Å². The van der Waals surface area contributed by atoms with Crippen LogP contribution in [0.25, 0.3) is 5.83 Å². The van der Waals surface area contributed by atoms with Crippen molar-refractivity contribution in [2.45, 2.75) is 18.3 Å². The topological polar surface area (TPSA) is 50.4 Å². The third kappa shape index (κ3) is 7.49. The molecule has 0 saturated carbocycles. The summed E-state index contributed by atoms with van der Waals surface area (Å²) >= 11 is 17.3. The molecule has 2 N–H and O–H groups in total. The van der Waals surface area contributed by atoms with Crippen molar-refractivity contribution in [2.24, 2.45) is 0 Å². The zero-order valence-corrected chi connectivity index (χ0v) is 21.7. The van der Waals surface area contributed by atoms with Gasteiger partial charge in [-0.1, -0.05) is 40.9 Å². The van der Waals surface area contributed by atoms with Crippen LogP contribution in [0.5, 0.6) is 5.75 Å². The first-order valence-electron chi connectivity index (χ1n) is 10.6. The van der Waals surface area contributed by atoms with E-state index in [0.717, 1.165) is 18.2 Å². The number of halogens is 10. The number of hydrogen-bond acceptors (Lipinski definition) is 3. The molecule has 0 fully saturated rings. The van der Waals surface area contributed by atoms with Crippen LogP contribution in [0, 0.1) is 0 Å². The van der Waals surface area contributed by atoms with Crippen LogP contribution in [-0.2, 0) is 6.18 Å². The number of benzene rings is 3. The molecule has 0 aliphatic carbocycles. The van der Waals surface area contributed by atoms with Gasteiger partial charge < -0.3 is 4.74 Å². The highest BCUT2D eigenvalue weighted by atomic mass is 35.5. The Balaban J connectivity index is 1.95. The molecule has 0 aromatic heterocycles. The Morgan fingerprint density at radius 2 is 1.51 bits per heavy atom. The molecule has 0 aliphatic rings. The monoisotopic (exact) mass is 614 g/mol. The molecule has 208 valence electrons. The molecule has 1 unspecified atom stereocenters. The summed E-state index contributed by atoms with van der Waals surface area (Å²) in [6.45, 7) is 0. The van der Waals surface area contributed by atoms with E-state index in [1.165, 1.54) is 31.4 Å². The minimum Gasteiger partial charge on any atom is -0.497 e. The first-order valence-corrected chi connectivity index (χ1v) is 11.8. The average molecular weight is 616 g/mol. The van der Waals surface area contributed by atoms with Crippen LogP contribution in [0.2, 0.25) is 15.1 Å². The van der Waals surface area contributed by atoms with Gasteiger partial charge in [-0.15, -0.1) is 0 Å². The number of hydrogen-bond donors (Lipinski definition) is 2. The Morgan fingerprint density at radius 3 is 2.03 bits per heavy atom. The Labute approximate surface area is 232 Å². The van der Waals surface area contributed by atoms with Crippen LogP contribution in [0.1, 0.15) is 33.0 Å². The lowest BCUT2D eigenvalue weighted by molar-refractivity contribution is -0.140. The number of anilines is 1. The van der Waals surface area contributed by atoms with Crippen molar-refractivity contribution >= 4 is 52.2 Å². The molecule has 1 atom stereocenters. The number of ether oxygens (including phenoxy) is 1. The number of methoxy groups -OCH3 is 1. The van der Waals surface area contributed by atoms with E-state index in [-0.39, 0.29) is 27.2 Å². The number of allylic oxidation sites excluding steroid dienone is 1. The predicted molar refractivity (Wildman–Crippen MR) is 135 cm³/mol. The van der Waals surface area contributed by atoms with Crippen molar-refractivity contribution < 1.29 is 40.3 Å². The van der Waals surface area contributed by atoms with Gasteiger partial charge >= 0.3 is 12.4 Å². The van der Waals surface area contributed by atoms with Gasteiger partial charge in [-0.2, -0.15) is 26.3 Å². The van der Waals surface area contributed by atoms with Crippen LogP contribution in [0.4, 0.5) is 36.4 Å². The number of nitrogens with one attached hydrogen (secondary N) is 2. The number of amides is 1. The highest BCUT2D eigenvalue weighted by Gasteiger charge is 2.41. The molecular weight excluding hydrogens is 600 g/mol. The smallest absolute Gasteiger partial charge is 0.417 e. The van der Waals surface area contributed by atoms with Gasteiger partial charge in [0.05, 0.1) is 39.0 Å². The van der Waals surface area contributed by atoms with E-state index in [1.54, 1.807) is 0 Å². The quantitative estimate of drug-likeness (QED) is 0.158. The summed E-state index contributed by atoms with van der Waals surface area (Å²) in [5.41, 5.74) is 0.905. The van der Waals surface area contributed by atoms with Crippen molar-refractivity contribution in [1.82, 2.24) is 5.43 Å². The van der Waals surface area contributed by atoms with Gasteiger partial charge in [0.25, 0.3) is 5.91 Å². The van der Waals surface area contributed by atoms with Crippen LogP contribution in [-0.4, -0.2) is 19.2 Å². The van der Waals surface area contributed by atoms with Crippen molar-refractivity contribution in [3.8, 4) is 5.75 Å². The third-order valence-corrected chi connectivity index (χ3v) is 6.48. The lowest BCUT2D eigenvalue weighted by Gasteiger charge is -2.19. The summed E-state index contributed by atoms with van der Waals surface area (Å²) < 4.78 is 103. The van der Waals surface area contributed by atoms with E-state index in [9.17, 15) is 35.5 Å². The third-order valence-electron chi connectivity index (χ3n) is 5.29. The number of rotatable bonds is 7.